The molecule has 0 spiro atoms. The summed E-state index contributed by atoms with van der Waals surface area (Å²) in [7, 11) is 0. The molecule has 0 radical (unpaired) electrons. The molecule has 0 atom stereocenters. The fraction of sp³-hybridized carbons (Fsp3) is 0.889. The first kappa shape index (κ1) is 16.8. The van der Waals surface area contributed by atoms with Crippen LogP contribution in [0.15, 0.2) is 0 Å². The first-order valence-electron chi connectivity index (χ1n) is 4.27. The maximum Gasteiger partial charge on any atom is 0.207 e. The van der Waals surface area contributed by atoms with Gasteiger partial charge in [-0.05, 0) is 20.8 Å². The summed E-state index contributed by atoms with van der Waals surface area (Å²) in [5.74, 6) is 0. The van der Waals surface area contributed by atoms with Crippen molar-refractivity contribution < 1.29 is 4.79 Å². The van der Waals surface area contributed by atoms with Gasteiger partial charge in [-0.25, -0.2) is 0 Å². The normalized spacial score (nSPS) is 7.91. The number of nitrogens with one attached hydrogen (secondary N) is 1. The van der Waals surface area contributed by atoms with Crippen LogP contribution in [-0.2, 0) is 4.79 Å². The van der Waals surface area contributed by atoms with E-state index in [0.29, 0.717) is 6.41 Å². The van der Waals surface area contributed by atoms with E-state index in [0.717, 1.165) is 0 Å². The number of rotatable bonds is 1. The molecule has 0 fully saturated rings. The van der Waals surface area contributed by atoms with E-state index in [9.17, 15) is 4.79 Å². The Hall–Kier alpha value is -0.530. The monoisotopic (exact) mass is 161 g/mol. The zero-order valence-corrected chi connectivity index (χ0v) is 8.99. The third-order valence-electron chi connectivity index (χ3n) is 0.492. The van der Waals surface area contributed by atoms with E-state index in [-0.39, 0.29) is 5.54 Å². The zero-order valence-electron chi connectivity index (χ0n) is 8.99. The summed E-state index contributed by atoms with van der Waals surface area (Å²) in [4.78, 5) is 9.71. The molecule has 0 aromatic heterocycles. The summed E-state index contributed by atoms with van der Waals surface area (Å²) < 4.78 is 0. The minimum atomic E-state index is -0.0677. The highest BCUT2D eigenvalue weighted by Crippen LogP contribution is 1.94. The Balaban J connectivity index is -0.000000138. The Bertz CT molecular complexity index is 64.5. The highest BCUT2D eigenvalue weighted by Gasteiger charge is 2.04. The fourth-order valence-electron chi connectivity index (χ4n) is 0.177. The predicted octanol–water partition coefficient (Wildman–Crippen LogP) is 2.58. The van der Waals surface area contributed by atoms with Gasteiger partial charge in [-0.15, -0.1) is 0 Å². The molecule has 0 aliphatic carbocycles. The van der Waals surface area contributed by atoms with E-state index in [1.807, 2.05) is 48.5 Å². The second-order valence-corrected chi connectivity index (χ2v) is 2.51. The largest absolute Gasteiger partial charge is 0.354 e. The van der Waals surface area contributed by atoms with Gasteiger partial charge in [0.25, 0.3) is 0 Å². The van der Waals surface area contributed by atoms with Crippen LogP contribution in [0.25, 0.3) is 0 Å². The van der Waals surface area contributed by atoms with Gasteiger partial charge in [-0.2, -0.15) is 0 Å². The lowest BCUT2D eigenvalue weighted by molar-refractivity contribution is -0.110. The molecule has 70 valence electrons. The van der Waals surface area contributed by atoms with Crippen LogP contribution in [0.2, 0.25) is 0 Å². The molecule has 0 saturated heterocycles. The number of hydrogen-bond acceptors (Lipinski definition) is 1. The number of hydrogen-bond donors (Lipinski definition) is 1. The molecule has 0 aliphatic heterocycles. The standard InChI is InChI=1S/C5H11NO.2C2H6/c1-5(2,3)6-4-7;2*1-2/h4H,1-3H3,(H,6,7);2*1-2H3. The van der Waals surface area contributed by atoms with Crippen LogP contribution in [0.1, 0.15) is 48.5 Å². The van der Waals surface area contributed by atoms with Gasteiger partial charge in [-0.1, -0.05) is 27.7 Å². The molecule has 0 saturated carbocycles. The topological polar surface area (TPSA) is 29.1 Å². The second-order valence-electron chi connectivity index (χ2n) is 2.51. The van der Waals surface area contributed by atoms with E-state index in [1.165, 1.54) is 0 Å². The first-order chi connectivity index (χ1) is 5.06. The lowest BCUT2D eigenvalue weighted by Gasteiger charge is -2.15. The first-order valence-corrected chi connectivity index (χ1v) is 4.27. The third-order valence-corrected chi connectivity index (χ3v) is 0.492. The van der Waals surface area contributed by atoms with Gasteiger partial charge in [0.1, 0.15) is 0 Å². The molecule has 0 aromatic rings. The SMILES string of the molecule is CC.CC.CC(C)(C)NC=O. The molecule has 0 unspecified atom stereocenters. The number of carbonyl (C=O) groups excluding carboxylic acids is 1. The maximum absolute atomic E-state index is 9.71. The molecule has 0 aromatic carbocycles. The minimum Gasteiger partial charge on any atom is -0.354 e. The van der Waals surface area contributed by atoms with E-state index in [4.69, 9.17) is 0 Å². The van der Waals surface area contributed by atoms with Gasteiger partial charge >= 0.3 is 0 Å². The predicted molar refractivity (Wildman–Crippen MR) is 51.6 cm³/mol. The lowest BCUT2D eigenvalue weighted by Crippen LogP contribution is -2.34. The Morgan fingerprint density at radius 1 is 1.00 bits per heavy atom. The fourth-order valence-corrected chi connectivity index (χ4v) is 0.177. The van der Waals surface area contributed by atoms with Crippen molar-refractivity contribution in [2.75, 3.05) is 0 Å². The Morgan fingerprint density at radius 2 is 1.27 bits per heavy atom. The minimum absolute atomic E-state index is 0.0677. The molecule has 0 bridgehead atoms. The molecule has 0 aliphatic rings. The lowest BCUT2D eigenvalue weighted by atomic mass is 10.1. The van der Waals surface area contributed by atoms with E-state index >= 15 is 0 Å². The summed E-state index contributed by atoms with van der Waals surface area (Å²) in [6.07, 6.45) is 0.708. The number of amides is 1. The van der Waals surface area contributed by atoms with Crippen molar-refractivity contribution in [2.45, 2.75) is 54.0 Å². The Morgan fingerprint density at radius 3 is 1.27 bits per heavy atom. The molecule has 0 heterocycles. The molecular formula is C9H23NO. The Labute approximate surface area is 71.4 Å². The summed E-state index contributed by atoms with van der Waals surface area (Å²) >= 11 is 0. The van der Waals surface area contributed by atoms with Crippen molar-refractivity contribution in [3.05, 3.63) is 0 Å². The van der Waals surface area contributed by atoms with Crippen LogP contribution in [0.3, 0.4) is 0 Å². The van der Waals surface area contributed by atoms with Gasteiger partial charge in [0, 0.05) is 5.54 Å². The maximum atomic E-state index is 9.71. The van der Waals surface area contributed by atoms with Gasteiger partial charge in [0.15, 0.2) is 0 Å². The molecule has 11 heavy (non-hydrogen) atoms. The van der Waals surface area contributed by atoms with Crippen molar-refractivity contribution in [1.82, 2.24) is 5.32 Å². The van der Waals surface area contributed by atoms with Gasteiger partial charge in [-0.3, -0.25) is 4.79 Å². The average Bonchev–Trinajstić information content (AvgIpc) is 1.94. The third kappa shape index (κ3) is 43.9. The molecule has 1 amide bonds. The van der Waals surface area contributed by atoms with Crippen molar-refractivity contribution in [3.8, 4) is 0 Å². The zero-order chi connectivity index (χ0) is 9.91. The van der Waals surface area contributed by atoms with E-state index in [1.54, 1.807) is 0 Å². The second kappa shape index (κ2) is 12.2. The van der Waals surface area contributed by atoms with Crippen molar-refractivity contribution in [1.29, 1.82) is 0 Å². The highest BCUT2D eigenvalue weighted by atomic mass is 16.1. The van der Waals surface area contributed by atoms with E-state index < -0.39 is 0 Å². The smallest absolute Gasteiger partial charge is 0.207 e. The number of carbonyl (C=O) groups is 1. The molecule has 2 heteroatoms. The quantitative estimate of drug-likeness (QED) is 0.588. The van der Waals surface area contributed by atoms with Crippen LogP contribution in [-0.4, -0.2) is 11.9 Å². The summed E-state index contributed by atoms with van der Waals surface area (Å²) in [6, 6.07) is 0. The molecule has 1 N–H and O–H groups in total. The van der Waals surface area contributed by atoms with Crippen LogP contribution < -0.4 is 5.32 Å². The van der Waals surface area contributed by atoms with Crippen LogP contribution in [0.4, 0.5) is 0 Å². The molecule has 0 rings (SSSR count). The van der Waals surface area contributed by atoms with Crippen LogP contribution in [0, 0.1) is 0 Å². The highest BCUT2D eigenvalue weighted by molar-refractivity contribution is 5.47. The average molecular weight is 161 g/mol. The van der Waals surface area contributed by atoms with Crippen LogP contribution >= 0.6 is 0 Å². The Kier molecular flexibility index (Phi) is 18.6. The van der Waals surface area contributed by atoms with E-state index in [2.05, 4.69) is 5.32 Å². The van der Waals surface area contributed by atoms with Crippen molar-refractivity contribution >= 4 is 6.41 Å². The van der Waals surface area contributed by atoms with Gasteiger partial charge in [0.05, 0.1) is 0 Å². The van der Waals surface area contributed by atoms with Gasteiger partial charge in [0.2, 0.25) is 6.41 Å². The summed E-state index contributed by atoms with van der Waals surface area (Å²) in [6.45, 7) is 13.8. The van der Waals surface area contributed by atoms with Crippen molar-refractivity contribution in [2.24, 2.45) is 0 Å². The van der Waals surface area contributed by atoms with Crippen molar-refractivity contribution in [3.63, 3.8) is 0 Å². The van der Waals surface area contributed by atoms with Gasteiger partial charge < -0.3 is 5.32 Å². The van der Waals surface area contributed by atoms with Crippen LogP contribution in [0.5, 0.6) is 0 Å². The molecular weight excluding hydrogens is 138 g/mol. The summed E-state index contributed by atoms with van der Waals surface area (Å²) in [5, 5.41) is 2.60. The summed E-state index contributed by atoms with van der Waals surface area (Å²) in [5.41, 5.74) is -0.0677. The molecule has 2 nitrogen and oxygen atoms in total.